The minimum absolute atomic E-state index is 0.154. The summed E-state index contributed by atoms with van der Waals surface area (Å²) < 4.78 is 46.8. The second kappa shape index (κ2) is 10.5. The number of carbonyl (C=O) groups is 1. The van der Waals surface area contributed by atoms with Gasteiger partial charge >= 0.3 is 6.18 Å². The van der Waals surface area contributed by atoms with Gasteiger partial charge in [-0.3, -0.25) is 9.48 Å². The third-order valence-corrected chi connectivity index (χ3v) is 6.21. The smallest absolute Gasteiger partial charge is 0.416 e. The Bertz CT molecular complexity index is 1400. The van der Waals surface area contributed by atoms with E-state index < -0.39 is 11.7 Å². The van der Waals surface area contributed by atoms with Crippen LogP contribution in [0.25, 0.3) is 0 Å². The number of nitrogens with one attached hydrogen (secondary N) is 1. The SMILES string of the molecule is Cc1cccc(C)c1OCc1ccc(C(=O)Nc2c(C)nn(Cc3cccc(C(F)(F)F)c3)c2C)cc1. The van der Waals surface area contributed by atoms with E-state index in [1.165, 1.54) is 6.07 Å². The molecule has 0 aliphatic carbocycles. The molecule has 0 saturated carbocycles. The van der Waals surface area contributed by atoms with Crippen LogP contribution in [-0.2, 0) is 19.3 Å². The fraction of sp³-hybridized carbons (Fsp3) is 0.241. The van der Waals surface area contributed by atoms with E-state index >= 15 is 0 Å². The molecule has 1 heterocycles. The van der Waals surface area contributed by atoms with Gasteiger partial charge in [0.1, 0.15) is 12.4 Å². The van der Waals surface area contributed by atoms with Gasteiger partial charge in [-0.2, -0.15) is 18.3 Å². The van der Waals surface area contributed by atoms with Crippen molar-refractivity contribution in [2.45, 2.75) is 47.0 Å². The highest BCUT2D eigenvalue weighted by molar-refractivity contribution is 6.04. The Morgan fingerprint density at radius 1 is 0.919 bits per heavy atom. The molecule has 1 N–H and O–H groups in total. The van der Waals surface area contributed by atoms with Crippen LogP contribution in [-0.4, -0.2) is 15.7 Å². The first-order chi connectivity index (χ1) is 17.5. The van der Waals surface area contributed by atoms with Crippen molar-refractivity contribution < 1.29 is 22.7 Å². The summed E-state index contributed by atoms with van der Waals surface area (Å²) in [6.45, 7) is 8.06. The molecule has 4 aromatic rings. The quantitative estimate of drug-likeness (QED) is 0.293. The van der Waals surface area contributed by atoms with Gasteiger partial charge in [0.2, 0.25) is 0 Å². The average Bonchev–Trinajstić information content (AvgIpc) is 3.11. The van der Waals surface area contributed by atoms with Crippen molar-refractivity contribution in [3.63, 3.8) is 0 Å². The number of para-hydroxylation sites is 1. The fourth-order valence-electron chi connectivity index (χ4n) is 4.17. The van der Waals surface area contributed by atoms with E-state index in [4.69, 9.17) is 4.74 Å². The number of hydrogen-bond donors (Lipinski definition) is 1. The predicted molar refractivity (Wildman–Crippen MR) is 137 cm³/mol. The van der Waals surface area contributed by atoms with Crippen molar-refractivity contribution in [1.29, 1.82) is 0 Å². The van der Waals surface area contributed by atoms with Crippen LogP contribution in [0.3, 0.4) is 0 Å². The van der Waals surface area contributed by atoms with Crippen molar-refractivity contribution in [2.24, 2.45) is 0 Å². The maximum Gasteiger partial charge on any atom is 0.416 e. The summed E-state index contributed by atoms with van der Waals surface area (Å²) in [5.74, 6) is 0.560. The highest BCUT2D eigenvalue weighted by atomic mass is 19.4. The number of nitrogens with zero attached hydrogens (tertiary/aromatic N) is 2. The Balaban J connectivity index is 1.43. The number of ether oxygens (including phenoxy) is 1. The van der Waals surface area contributed by atoms with Gasteiger partial charge in [0.05, 0.1) is 29.2 Å². The lowest BCUT2D eigenvalue weighted by Gasteiger charge is -2.12. The third-order valence-electron chi connectivity index (χ3n) is 6.21. The molecule has 0 radical (unpaired) electrons. The van der Waals surface area contributed by atoms with Crippen LogP contribution in [0.2, 0.25) is 0 Å². The summed E-state index contributed by atoms with van der Waals surface area (Å²) >= 11 is 0. The summed E-state index contributed by atoms with van der Waals surface area (Å²) in [7, 11) is 0. The van der Waals surface area contributed by atoms with Crippen LogP contribution in [0.5, 0.6) is 5.75 Å². The standard InChI is InChI=1S/C29H28F3N3O2/c1-18-7-5-8-19(2)27(18)37-17-22-11-13-24(14-12-22)28(36)33-26-20(3)34-35(21(26)4)16-23-9-6-10-25(15-23)29(30,31)32/h5-15H,16-17H2,1-4H3,(H,33,36). The van der Waals surface area contributed by atoms with Crippen LogP contribution in [0.4, 0.5) is 18.9 Å². The molecule has 192 valence electrons. The van der Waals surface area contributed by atoms with Gasteiger partial charge in [-0.1, -0.05) is 42.5 Å². The number of aryl methyl sites for hydroxylation is 3. The van der Waals surface area contributed by atoms with Gasteiger partial charge in [-0.15, -0.1) is 0 Å². The number of halogens is 3. The first-order valence-electron chi connectivity index (χ1n) is 11.8. The molecule has 8 heteroatoms. The van der Waals surface area contributed by atoms with Crippen LogP contribution < -0.4 is 10.1 Å². The number of amides is 1. The van der Waals surface area contributed by atoms with Crippen molar-refractivity contribution in [3.8, 4) is 5.75 Å². The summed E-state index contributed by atoms with van der Waals surface area (Å²) in [4.78, 5) is 12.9. The van der Waals surface area contributed by atoms with E-state index in [1.807, 2.05) is 44.2 Å². The number of carbonyl (C=O) groups excluding carboxylic acids is 1. The van der Waals surface area contributed by atoms with Crippen LogP contribution >= 0.6 is 0 Å². The van der Waals surface area contributed by atoms with Crippen LogP contribution in [0.1, 0.15) is 49.6 Å². The lowest BCUT2D eigenvalue weighted by Crippen LogP contribution is -2.13. The largest absolute Gasteiger partial charge is 0.488 e. The molecule has 0 aliphatic heterocycles. The first-order valence-corrected chi connectivity index (χ1v) is 11.8. The number of hydrogen-bond acceptors (Lipinski definition) is 3. The fourth-order valence-corrected chi connectivity index (χ4v) is 4.17. The van der Waals surface area contributed by atoms with E-state index in [2.05, 4.69) is 10.4 Å². The van der Waals surface area contributed by atoms with Crippen molar-refractivity contribution >= 4 is 11.6 Å². The van der Waals surface area contributed by atoms with Crippen LogP contribution in [0.15, 0.2) is 66.7 Å². The minimum Gasteiger partial charge on any atom is -0.488 e. The molecule has 37 heavy (non-hydrogen) atoms. The molecule has 0 fully saturated rings. The van der Waals surface area contributed by atoms with Gasteiger partial charge in [0, 0.05) is 5.56 Å². The summed E-state index contributed by atoms with van der Waals surface area (Å²) in [5, 5.41) is 7.32. The number of anilines is 1. The lowest BCUT2D eigenvalue weighted by atomic mass is 10.1. The van der Waals surface area contributed by atoms with Gasteiger partial charge in [0.15, 0.2) is 0 Å². The molecule has 1 amide bonds. The number of aromatic nitrogens is 2. The van der Waals surface area contributed by atoms with Crippen molar-refractivity contribution in [3.05, 3.63) is 111 Å². The van der Waals surface area contributed by atoms with Gasteiger partial charge in [-0.05, 0) is 74.2 Å². The molecule has 0 aliphatic rings. The predicted octanol–water partition coefficient (Wildman–Crippen LogP) is 7.02. The second-order valence-corrected chi connectivity index (χ2v) is 9.06. The molecule has 1 aromatic heterocycles. The van der Waals surface area contributed by atoms with Gasteiger partial charge < -0.3 is 10.1 Å². The highest BCUT2D eigenvalue weighted by Gasteiger charge is 2.30. The number of alkyl halides is 3. The third kappa shape index (κ3) is 6.02. The molecule has 0 unspecified atom stereocenters. The van der Waals surface area contributed by atoms with E-state index in [9.17, 15) is 18.0 Å². The zero-order chi connectivity index (χ0) is 26.7. The van der Waals surface area contributed by atoms with Gasteiger partial charge in [0.25, 0.3) is 5.91 Å². The lowest BCUT2D eigenvalue weighted by molar-refractivity contribution is -0.137. The Morgan fingerprint density at radius 3 is 2.22 bits per heavy atom. The molecular formula is C29H28F3N3O2. The zero-order valence-corrected chi connectivity index (χ0v) is 21.1. The highest BCUT2D eigenvalue weighted by Crippen LogP contribution is 2.30. The van der Waals surface area contributed by atoms with Crippen LogP contribution in [0, 0.1) is 27.7 Å². The first kappa shape index (κ1) is 26.0. The Kier molecular flexibility index (Phi) is 7.38. The summed E-state index contributed by atoms with van der Waals surface area (Å²) in [6.07, 6.45) is -4.41. The molecule has 4 rings (SSSR count). The molecule has 3 aromatic carbocycles. The molecule has 0 spiro atoms. The average molecular weight is 508 g/mol. The molecule has 0 atom stereocenters. The monoisotopic (exact) mass is 507 g/mol. The molecule has 0 bridgehead atoms. The number of benzene rings is 3. The minimum atomic E-state index is -4.41. The molecule has 5 nitrogen and oxygen atoms in total. The zero-order valence-electron chi connectivity index (χ0n) is 21.1. The Hall–Kier alpha value is -4.07. The summed E-state index contributed by atoms with van der Waals surface area (Å²) in [5.41, 5.74) is 5.07. The van der Waals surface area contributed by atoms with Gasteiger partial charge in [-0.25, -0.2) is 0 Å². The van der Waals surface area contributed by atoms with E-state index in [0.29, 0.717) is 34.8 Å². The molecular weight excluding hydrogens is 479 g/mol. The van der Waals surface area contributed by atoms with Crippen molar-refractivity contribution in [2.75, 3.05) is 5.32 Å². The Labute approximate surface area is 213 Å². The summed E-state index contributed by atoms with van der Waals surface area (Å²) in [6, 6.07) is 18.3. The maximum atomic E-state index is 13.1. The number of rotatable bonds is 7. The van der Waals surface area contributed by atoms with E-state index in [0.717, 1.165) is 34.6 Å². The Morgan fingerprint density at radius 2 is 1.57 bits per heavy atom. The van der Waals surface area contributed by atoms with Crippen molar-refractivity contribution in [1.82, 2.24) is 9.78 Å². The topological polar surface area (TPSA) is 56.1 Å². The maximum absolute atomic E-state index is 13.1. The van der Waals surface area contributed by atoms with E-state index in [-0.39, 0.29) is 12.5 Å². The molecule has 0 saturated heterocycles. The van der Waals surface area contributed by atoms with E-state index in [1.54, 1.807) is 36.7 Å². The second-order valence-electron chi connectivity index (χ2n) is 9.06. The normalized spacial score (nSPS) is 11.4.